The Labute approximate surface area is 227 Å². The average Bonchev–Trinajstić information content (AvgIpc) is 3.12. The molecule has 1 aliphatic heterocycles. The van der Waals surface area contributed by atoms with Crippen molar-refractivity contribution in [1.29, 1.82) is 0 Å². The van der Waals surface area contributed by atoms with Crippen molar-refractivity contribution in [3.05, 3.63) is 86.5 Å². The van der Waals surface area contributed by atoms with E-state index in [2.05, 4.69) is 26.2 Å². The summed E-state index contributed by atoms with van der Waals surface area (Å²) in [7, 11) is 1.52. The lowest BCUT2D eigenvalue weighted by Gasteiger charge is -2.14. The zero-order valence-electron chi connectivity index (χ0n) is 20.4. The molecule has 0 radical (unpaired) electrons. The van der Waals surface area contributed by atoms with Crippen molar-refractivity contribution in [1.82, 2.24) is 9.88 Å². The maximum absolute atomic E-state index is 12.9. The van der Waals surface area contributed by atoms with E-state index in [0.717, 1.165) is 33.5 Å². The Morgan fingerprint density at radius 3 is 2.68 bits per heavy atom. The Morgan fingerprint density at radius 2 is 1.97 bits per heavy atom. The van der Waals surface area contributed by atoms with Gasteiger partial charge in [0.25, 0.3) is 11.1 Å². The number of nitrogens with one attached hydrogen (secondary N) is 1. The van der Waals surface area contributed by atoms with Gasteiger partial charge in [0, 0.05) is 11.9 Å². The van der Waals surface area contributed by atoms with Crippen molar-refractivity contribution >= 4 is 56.5 Å². The Morgan fingerprint density at radius 1 is 1.16 bits per heavy atom. The standard InChI is InChI=1S/C27H24BrN3O5S/c1-16-7-8-21(17(2)10-16)30-24(32)14-31-26(33)23(37-27(31)34)13-18-11-20(28)25(22(12-18)35-3)36-15-19-6-4-5-9-29-19/h4-13H,14-15H2,1-3H3,(H,30,32)/b23-13+. The Hall–Kier alpha value is -3.63. The summed E-state index contributed by atoms with van der Waals surface area (Å²) in [6.45, 7) is 3.72. The fourth-order valence-electron chi connectivity index (χ4n) is 3.67. The number of imide groups is 1. The van der Waals surface area contributed by atoms with Gasteiger partial charge in [-0.15, -0.1) is 0 Å². The smallest absolute Gasteiger partial charge is 0.294 e. The molecule has 0 unspecified atom stereocenters. The van der Waals surface area contributed by atoms with Gasteiger partial charge >= 0.3 is 0 Å². The maximum atomic E-state index is 12.9. The van der Waals surface area contributed by atoms with E-state index < -0.39 is 17.1 Å². The molecule has 2 heterocycles. The first-order chi connectivity index (χ1) is 17.7. The van der Waals surface area contributed by atoms with Gasteiger partial charge in [0.2, 0.25) is 5.91 Å². The summed E-state index contributed by atoms with van der Waals surface area (Å²) >= 11 is 4.28. The number of carbonyl (C=O) groups is 3. The lowest BCUT2D eigenvalue weighted by molar-refractivity contribution is -0.127. The maximum Gasteiger partial charge on any atom is 0.294 e. The summed E-state index contributed by atoms with van der Waals surface area (Å²) in [5.41, 5.74) is 3.99. The fraction of sp³-hybridized carbons (Fsp3) is 0.185. The molecule has 0 saturated carbocycles. The number of carbonyl (C=O) groups excluding carboxylic acids is 3. The van der Waals surface area contributed by atoms with Crippen molar-refractivity contribution < 1.29 is 23.9 Å². The Balaban J connectivity index is 1.47. The van der Waals surface area contributed by atoms with Crippen molar-refractivity contribution in [3.63, 3.8) is 0 Å². The normalized spacial score (nSPS) is 14.3. The number of pyridine rings is 1. The summed E-state index contributed by atoms with van der Waals surface area (Å²) in [5, 5.41) is 2.26. The fourth-order valence-corrected chi connectivity index (χ4v) is 5.08. The Bertz CT molecular complexity index is 1390. The van der Waals surface area contributed by atoms with Gasteiger partial charge in [-0.2, -0.15) is 0 Å². The third-order valence-electron chi connectivity index (χ3n) is 5.47. The van der Waals surface area contributed by atoms with Crippen LogP contribution in [0.4, 0.5) is 10.5 Å². The molecule has 1 N–H and O–H groups in total. The first-order valence-electron chi connectivity index (χ1n) is 11.3. The molecule has 4 rings (SSSR count). The number of rotatable bonds is 8. The van der Waals surface area contributed by atoms with Gasteiger partial charge in [-0.25, -0.2) is 0 Å². The molecule has 37 heavy (non-hydrogen) atoms. The molecule has 1 aromatic heterocycles. The molecule has 3 amide bonds. The van der Waals surface area contributed by atoms with Gasteiger partial charge in [0.1, 0.15) is 13.2 Å². The van der Waals surface area contributed by atoms with Gasteiger partial charge in [0.15, 0.2) is 11.5 Å². The number of ether oxygens (including phenoxy) is 2. The molecule has 1 aliphatic rings. The molecule has 8 nitrogen and oxygen atoms in total. The molecule has 3 aromatic rings. The molecule has 0 spiro atoms. The number of hydrogen-bond acceptors (Lipinski definition) is 7. The number of hydrogen-bond donors (Lipinski definition) is 1. The predicted octanol–water partition coefficient (Wildman–Crippen LogP) is 5.72. The van der Waals surface area contributed by atoms with E-state index in [9.17, 15) is 14.4 Å². The minimum Gasteiger partial charge on any atom is -0.493 e. The summed E-state index contributed by atoms with van der Waals surface area (Å²) in [6.07, 6.45) is 3.27. The van der Waals surface area contributed by atoms with Crippen molar-refractivity contribution in [2.24, 2.45) is 0 Å². The zero-order chi connectivity index (χ0) is 26.5. The molecule has 1 saturated heterocycles. The number of anilines is 1. The van der Waals surface area contributed by atoms with Crippen LogP contribution in [0.5, 0.6) is 11.5 Å². The van der Waals surface area contributed by atoms with Crippen LogP contribution in [0.3, 0.4) is 0 Å². The highest BCUT2D eigenvalue weighted by Crippen LogP contribution is 2.39. The topological polar surface area (TPSA) is 97.8 Å². The number of methoxy groups -OCH3 is 1. The van der Waals surface area contributed by atoms with Crippen LogP contribution in [-0.4, -0.2) is 40.6 Å². The molecule has 2 aromatic carbocycles. The van der Waals surface area contributed by atoms with Gasteiger partial charge in [-0.3, -0.25) is 24.3 Å². The summed E-state index contributed by atoms with van der Waals surface area (Å²) in [6, 6.07) is 14.6. The van der Waals surface area contributed by atoms with Crippen LogP contribution in [0.25, 0.3) is 6.08 Å². The number of halogens is 1. The second-order valence-electron chi connectivity index (χ2n) is 8.28. The first kappa shape index (κ1) is 26.4. The van der Waals surface area contributed by atoms with Crippen LogP contribution >= 0.6 is 27.7 Å². The van der Waals surface area contributed by atoms with Crippen LogP contribution < -0.4 is 14.8 Å². The molecule has 190 valence electrons. The number of benzene rings is 2. The van der Waals surface area contributed by atoms with Crippen LogP contribution in [0.2, 0.25) is 0 Å². The van der Waals surface area contributed by atoms with Crippen LogP contribution in [0.15, 0.2) is 64.1 Å². The second-order valence-corrected chi connectivity index (χ2v) is 10.1. The lowest BCUT2D eigenvalue weighted by atomic mass is 10.1. The molecular formula is C27H24BrN3O5S. The van der Waals surface area contributed by atoms with Gasteiger partial charge in [-0.05, 0) is 89.1 Å². The largest absolute Gasteiger partial charge is 0.493 e. The van der Waals surface area contributed by atoms with Crippen molar-refractivity contribution in [3.8, 4) is 11.5 Å². The number of nitrogens with zero attached hydrogens (tertiary/aromatic N) is 2. The van der Waals surface area contributed by atoms with Gasteiger partial charge in [0.05, 0.1) is 22.2 Å². The highest BCUT2D eigenvalue weighted by atomic mass is 79.9. The lowest BCUT2D eigenvalue weighted by Crippen LogP contribution is -2.36. The third-order valence-corrected chi connectivity index (χ3v) is 6.97. The minimum atomic E-state index is -0.531. The van der Waals surface area contributed by atoms with E-state index in [4.69, 9.17) is 9.47 Å². The van der Waals surface area contributed by atoms with E-state index in [0.29, 0.717) is 27.2 Å². The minimum absolute atomic E-state index is 0.209. The molecule has 1 fully saturated rings. The average molecular weight is 582 g/mol. The summed E-state index contributed by atoms with van der Waals surface area (Å²) in [4.78, 5) is 43.4. The number of amides is 3. The van der Waals surface area contributed by atoms with Crippen molar-refractivity contribution in [2.75, 3.05) is 19.0 Å². The molecular weight excluding hydrogens is 558 g/mol. The molecule has 10 heteroatoms. The van der Waals surface area contributed by atoms with Crippen LogP contribution in [0, 0.1) is 13.8 Å². The summed E-state index contributed by atoms with van der Waals surface area (Å²) in [5.74, 6) is -0.0456. The third kappa shape index (κ3) is 6.39. The highest BCUT2D eigenvalue weighted by Gasteiger charge is 2.36. The SMILES string of the molecule is COc1cc(/C=C2/SC(=O)N(CC(=O)Nc3ccc(C)cc3C)C2=O)cc(Br)c1OCc1ccccn1. The summed E-state index contributed by atoms with van der Waals surface area (Å²) < 4.78 is 12.0. The second kappa shape index (κ2) is 11.6. The zero-order valence-corrected chi connectivity index (χ0v) is 22.8. The van der Waals surface area contributed by atoms with E-state index in [1.165, 1.54) is 7.11 Å². The Kier molecular flexibility index (Phi) is 8.30. The number of aromatic nitrogens is 1. The highest BCUT2D eigenvalue weighted by molar-refractivity contribution is 9.10. The van der Waals surface area contributed by atoms with E-state index in [-0.39, 0.29) is 18.1 Å². The van der Waals surface area contributed by atoms with Gasteiger partial charge in [-0.1, -0.05) is 23.8 Å². The van der Waals surface area contributed by atoms with Crippen LogP contribution in [-0.2, 0) is 16.2 Å². The molecule has 0 atom stereocenters. The van der Waals surface area contributed by atoms with Crippen molar-refractivity contribution in [2.45, 2.75) is 20.5 Å². The quantitative estimate of drug-likeness (QED) is 0.339. The van der Waals surface area contributed by atoms with E-state index in [1.807, 2.05) is 44.2 Å². The molecule has 0 bridgehead atoms. The van der Waals surface area contributed by atoms with E-state index >= 15 is 0 Å². The van der Waals surface area contributed by atoms with Crippen LogP contribution in [0.1, 0.15) is 22.4 Å². The number of aryl methyl sites for hydroxylation is 2. The molecule has 0 aliphatic carbocycles. The van der Waals surface area contributed by atoms with Gasteiger partial charge < -0.3 is 14.8 Å². The predicted molar refractivity (Wildman–Crippen MR) is 146 cm³/mol. The number of thioether (sulfide) groups is 1. The first-order valence-corrected chi connectivity index (χ1v) is 12.9. The van der Waals surface area contributed by atoms with E-state index in [1.54, 1.807) is 30.5 Å². The monoisotopic (exact) mass is 581 g/mol.